The van der Waals surface area contributed by atoms with E-state index in [0.29, 0.717) is 0 Å². The van der Waals surface area contributed by atoms with Gasteiger partial charge in [-0.2, -0.15) is 0 Å². The summed E-state index contributed by atoms with van der Waals surface area (Å²) in [5, 5.41) is 0. The molecule has 0 N–H and O–H groups in total. The van der Waals surface area contributed by atoms with Crippen LogP contribution in [0.1, 0.15) is 59.3 Å². The van der Waals surface area contributed by atoms with Crippen molar-refractivity contribution in [2.24, 2.45) is 11.3 Å². The molecule has 4 heteroatoms. The van der Waals surface area contributed by atoms with E-state index in [1.807, 2.05) is 0 Å². The van der Waals surface area contributed by atoms with E-state index in [2.05, 4.69) is 20.8 Å². The van der Waals surface area contributed by atoms with Crippen LogP contribution in [0.15, 0.2) is 0 Å². The summed E-state index contributed by atoms with van der Waals surface area (Å²) < 4.78 is 0. The molecule has 2 atom stereocenters. The molecule has 0 saturated carbocycles. The summed E-state index contributed by atoms with van der Waals surface area (Å²) in [6.07, 6.45) is 5.50. The van der Waals surface area contributed by atoms with E-state index in [4.69, 9.17) is 7.98 Å². The third kappa shape index (κ3) is 2.91. The SMILES string of the molecule is [B]N1C(=O)CC(C(C)(CCC)CCCC)C1=O. The smallest absolute Gasteiger partial charge is 0.242 e. The highest BCUT2D eigenvalue weighted by molar-refractivity contribution is 6.27. The van der Waals surface area contributed by atoms with Crippen molar-refractivity contribution in [2.45, 2.75) is 59.3 Å². The molecule has 2 unspecified atom stereocenters. The summed E-state index contributed by atoms with van der Waals surface area (Å²) in [5.41, 5.74) is -0.0778. The van der Waals surface area contributed by atoms with Crippen LogP contribution >= 0.6 is 0 Å². The maximum Gasteiger partial charge on any atom is 0.242 e. The minimum Gasteiger partial charge on any atom is -0.340 e. The number of amides is 2. The zero-order valence-corrected chi connectivity index (χ0v) is 11.2. The zero-order chi connectivity index (χ0) is 13.1. The van der Waals surface area contributed by atoms with Crippen molar-refractivity contribution in [1.29, 1.82) is 0 Å². The molecule has 1 heterocycles. The average molecular weight is 235 g/mol. The third-order valence-corrected chi connectivity index (χ3v) is 3.95. The lowest BCUT2D eigenvalue weighted by atomic mass is 9.69. The highest BCUT2D eigenvalue weighted by atomic mass is 16.2. The van der Waals surface area contributed by atoms with Crippen LogP contribution in [0.25, 0.3) is 0 Å². The summed E-state index contributed by atoms with van der Waals surface area (Å²) >= 11 is 0. The molecule has 0 aliphatic carbocycles. The molecule has 94 valence electrons. The predicted molar refractivity (Wildman–Crippen MR) is 68.3 cm³/mol. The Morgan fingerprint density at radius 1 is 1.29 bits per heavy atom. The number of carbonyl (C=O) groups excluding carboxylic acids is 2. The van der Waals surface area contributed by atoms with E-state index in [1.54, 1.807) is 0 Å². The molecule has 1 rings (SSSR count). The summed E-state index contributed by atoms with van der Waals surface area (Å²) in [4.78, 5) is 24.3. The molecule has 3 nitrogen and oxygen atoms in total. The van der Waals surface area contributed by atoms with Gasteiger partial charge in [-0.25, -0.2) is 0 Å². The van der Waals surface area contributed by atoms with Gasteiger partial charge in [0.1, 0.15) is 0 Å². The van der Waals surface area contributed by atoms with Gasteiger partial charge in [-0.1, -0.05) is 40.0 Å². The van der Waals surface area contributed by atoms with Crippen molar-refractivity contribution in [3.8, 4) is 0 Å². The van der Waals surface area contributed by atoms with Gasteiger partial charge in [0.15, 0.2) is 0 Å². The van der Waals surface area contributed by atoms with Gasteiger partial charge in [0.05, 0.1) is 5.92 Å². The Morgan fingerprint density at radius 3 is 2.35 bits per heavy atom. The monoisotopic (exact) mass is 235 g/mol. The van der Waals surface area contributed by atoms with Crippen LogP contribution < -0.4 is 0 Å². The third-order valence-electron chi connectivity index (χ3n) is 3.95. The van der Waals surface area contributed by atoms with E-state index >= 15 is 0 Å². The number of unbranched alkanes of at least 4 members (excludes halogenated alkanes) is 1. The Kier molecular flexibility index (Phi) is 4.78. The lowest BCUT2D eigenvalue weighted by molar-refractivity contribution is -0.135. The van der Waals surface area contributed by atoms with E-state index in [9.17, 15) is 9.59 Å². The highest BCUT2D eigenvalue weighted by Crippen LogP contribution is 2.43. The summed E-state index contributed by atoms with van der Waals surface area (Å²) in [7, 11) is 5.47. The summed E-state index contributed by atoms with van der Waals surface area (Å²) in [6.45, 7) is 6.38. The van der Waals surface area contributed by atoms with Gasteiger partial charge in [0.2, 0.25) is 19.8 Å². The Labute approximate surface area is 105 Å². The molecule has 1 aliphatic rings. The van der Waals surface area contributed by atoms with E-state index in [1.165, 1.54) is 0 Å². The largest absolute Gasteiger partial charge is 0.340 e. The molecular formula is C13H22BNO2. The Morgan fingerprint density at radius 2 is 1.94 bits per heavy atom. The minimum atomic E-state index is -0.237. The molecule has 2 radical (unpaired) electrons. The lowest BCUT2D eigenvalue weighted by Crippen LogP contribution is -2.35. The molecule has 17 heavy (non-hydrogen) atoms. The van der Waals surface area contributed by atoms with Gasteiger partial charge >= 0.3 is 0 Å². The van der Waals surface area contributed by atoms with Crippen molar-refractivity contribution < 1.29 is 9.59 Å². The zero-order valence-electron chi connectivity index (χ0n) is 11.2. The van der Waals surface area contributed by atoms with Crippen LogP contribution in [-0.2, 0) is 9.59 Å². The molecule has 0 aromatic carbocycles. The normalized spacial score (nSPS) is 24.2. The minimum absolute atomic E-state index is 0.0778. The first-order valence-corrected chi connectivity index (χ1v) is 6.57. The van der Waals surface area contributed by atoms with Crippen molar-refractivity contribution in [3.05, 3.63) is 0 Å². The van der Waals surface area contributed by atoms with E-state index in [0.717, 1.165) is 36.9 Å². The van der Waals surface area contributed by atoms with E-state index < -0.39 is 0 Å². The second kappa shape index (κ2) is 5.70. The Hall–Kier alpha value is -0.795. The first-order chi connectivity index (χ1) is 7.96. The Balaban J connectivity index is 2.83. The fraction of sp³-hybridized carbons (Fsp3) is 0.846. The maximum absolute atomic E-state index is 12.0. The first-order valence-electron chi connectivity index (χ1n) is 6.57. The number of hydrogen-bond donors (Lipinski definition) is 0. The van der Waals surface area contributed by atoms with Gasteiger partial charge in [-0.05, 0) is 18.3 Å². The first kappa shape index (κ1) is 14.3. The lowest BCUT2D eigenvalue weighted by Gasteiger charge is -2.34. The van der Waals surface area contributed by atoms with Crippen molar-refractivity contribution in [1.82, 2.24) is 4.81 Å². The molecule has 0 spiro atoms. The van der Waals surface area contributed by atoms with Crippen LogP contribution in [0, 0.1) is 11.3 Å². The van der Waals surface area contributed by atoms with Crippen LogP contribution in [0.4, 0.5) is 0 Å². The van der Waals surface area contributed by atoms with Crippen molar-refractivity contribution in [3.63, 3.8) is 0 Å². The topological polar surface area (TPSA) is 37.4 Å². The fourth-order valence-corrected chi connectivity index (χ4v) is 2.82. The number of rotatable bonds is 6. The molecule has 1 saturated heterocycles. The molecule has 1 fully saturated rings. The summed E-state index contributed by atoms with van der Waals surface area (Å²) in [5.74, 6) is -0.646. The fourth-order valence-electron chi connectivity index (χ4n) is 2.82. The van der Waals surface area contributed by atoms with Gasteiger partial charge in [0, 0.05) is 6.42 Å². The van der Waals surface area contributed by atoms with Crippen LogP contribution in [0.2, 0.25) is 0 Å². The van der Waals surface area contributed by atoms with Crippen LogP contribution in [0.5, 0.6) is 0 Å². The van der Waals surface area contributed by atoms with Gasteiger partial charge < -0.3 is 4.81 Å². The maximum atomic E-state index is 12.0. The van der Waals surface area contributed by atoms with Crippen molar-refractivity contribution in [2.75, 3.05) is 0 Å². The second-order valence-corrected chi connectivity index (χ2v) is 5.37. The molecule has 0 aromatic heterocycles. The summed E-state index contributed by atoms with van der Waals surface area (Å²) in [6, 6.07) is 0. The number of nitrogens with zero attached hydrogens (tertiary/aromatic N) is 1. The average Bonchev–Trinajstić information content (AvgIpc) is 2.55. The second-order valence-electron chi connectivity index (χ2n) is 5.37. The standard InChI is InChI=1S/C13H22BNO2/c1-4-6-8-13(3,7-5-2)10-9-11(16)15(14)12(10)17/h10H,4-9H2,1-3H3. The number of hydrogen-bond acceptors (Lipinski definition) is 2. The number of imide groups is 1. The van der Waals surface area contributed by atoms with Crippen LogP contribution in [-0.4, -0.2) is 24.6 Å². The van der Waals surface area contributed by atoms with Crippen LogP contribution in [0.3, 0.4) is 0 Å². The molecule has 0 aromatic rings. The highest BCUT2D eigenvalue weighted by Gasteiger charge is 2.45. The predicted octanol–water partition coefficient (Wildman–Crippen LogP) is 2.44. The molecular weight excluding hydrogens is 213 g/mol. The number of carbonyl (C=O) groups is 2. The molecule has 0 bridgehead atoms. The quantitative estimate of drug-likeness (QED) is 0.523. The molecule has 2 amide bonds. The van der Waals surface area contributed by atoms with Gasteiger partial charge in [0.25, 0.3) is 0 Å². The van der Waals surface area contributed by atoms with Gasteiger partial charge in [-0.3, -0.25) is 9.59 Å². The Bertz CT molecular complexity index is 306. The van der Waals surface area contributed by atoms with Crippen molar-refractivity contribution >= 4 is 19.8 Å². The van der Waals surface area contributed by atoms with Gasteiger partial charge in [-0.15, -0.1) is 0 Å². The molecule has 1 aliphatic heterocycles. The van der Waals surface area contributed by atoms with E-state index in [-0.39, 0.29) is 29.6 Å².